The molecule has 1 aromatic rings. The predicted molar refractivity (Wildman–Crippen MR) is 94.5 cm³/mol. The standard InChI is InChI=1S/C21H32O2/c1-15-6-7-18-9-12-20(22)10-4-5-16(2)17(3)8-11-21(20,23)14-19(18)13-15/h6-7,13,16-17,22-23H,4-5,8-12,14H2,1-3H3. The molecule has 3 rings (SSSR count). The fourth-order valence-corrected chi connectivity index (χ4v) is 4.65. The Hall–Kier alpha value is -0.860. The highest BCUT2D eigenvalue weighted by atomic mass is 16.4. The van der Waals surface area contributed by atoms with Crippen LogP contribution in [-0.2, 0) is 12.8 Å². The lowest BCUT2D eigenvalue weighted by Gasteiger charge is -2.43. The van der Waals surface area contributed by atoms with Crippen molar-refractivity contribution in [2.24, 2.45) is 11.8 Å². The third-order valence-electron chi connectivity index (χ3n) is 6.75. The van der Waals surface area contributed by atoms with Gasteiger partial charge in [-0.2, -0.15) is 0 Å². The van der Waals surface area contributed by atoms with Crippen LogP contribution in [0.25, 0.3) is 0 Å². The first-order valence-electron chi connectivity index (χ1n) is 9.36. The van der Waals surface area contributed by atoms with Crippen molar-refractivity contribution < 1.29 is 10.2 Å². The summed E-state index contributed by atoms with van der Waals surface area (Å²) in [4.78, 5) is 0. The maximum Gasteiger partial charge on any atom is 0.0973 e. The van der Waals surface area contributed by atoms with Gasteiger partial charge in [-0.15, -0.1) is 0 Å². The van der Waals surface area contributed by atoms with Gasteiger partial charge in [0.15, 0.2) is 0 Å². The number of benzene rings is 1. The molecule has 2 N–H and O–H groups in total. The first-order valence-corrected chi connectivity index (χ1v) is 9.36. The molecule has 2 aliphatic rings. The van der Waals surface area contributed by atoms with Crippen LogP contribution in [-0.4, -0.2) is 21.4 Å². The van der Waals surface area contributed by atoms with E-state index in [-0.39, 0.29) is 0 Å². The van der Waals surface area contributed by atoms with E-state index in [1.54, 1.807) is 0 Å². The maximum atomic E-state index is 11.6. The predicted octanol–water partition coefficient (Wildman–Crippen LogP) is 4.18. The molecule has 4 unspecified atom stereocenters. The summed E-state index contributed by atoms with van der Waals surface area (Å²) in [5.41, 5.74) is 1.86. The monoisotopic (exact) mass is 316 g/mol. The molecule has 1 saturated carbocycles. The molecule has 2 aliphatic carbocycles. The van der Waals surface area contributed by atoms with Gasteiger partial charge >= 0.3 is 0 Å². The Morgan fingerprint density at radius 2 is 1.65 bits per heavy atom. The van der Waals surface area contributed by atoms with Gasteiger partial charge in [-0.1, -0.05) is 50.5 Å². The summed E-state index contributed by atoms with van der Waals surface area (Å²) in [7, 11) is 0. The summed E-state index contributed by atoms with van der Waals surface area (Å²) in [5.74, 6) is 1.29. The lowest BCUT2D eigenvalue weighted by molar-refractivity contribution is -0.162. The molecule has 1 fully saturated rings. The number of hydrogen-bond acceptors (Lipinski definition) is 2. The number of rotatable bonds is 0. The zero-order chi connectivity index (χ0) is 16.7. The molecule has 0 bridgehead atoms. The Morgan fingerprint density at radius 3 is 2.43 bits per heavy atom. The van der Waals surface area contributed by atoms with E-state index in [1.807, 2.05) is 0 Å². The molecular weight excluding hydrogens is 284 g/mol. The van der Waals surface area contributed by atoms with Gasteiger partial charge in [0.2, 0.25) is 0 Å². The van der Waals surface area contributed by atoms with Gasteiger partial charge in [-0.3, -0.25) is 0 Å². The lowest BCUT2D eigenvalue weighted by Crippen LogP contribution is -2.55. The molecule has 128 valence electrons. The van der Waals surface area contributed by atoms with Crippen LogP contribution >= 0.6 is 0 Å². The molecule has 1 aromatic carbocycles. The summed E-state index contributed by atoms with van der Waals surface area (Å²) >= 11 is 0. The summed E-state index contributed by atoms with van der Waals surface area (Å²) in [5, 5.41) is 23.0. The third kappa shape index (κ3) is 3.21. The van der Waals surface area contributed by atoms with Crippen molar-refractivity contribution in [3.63, 3.8) is 0 Å². The molecule has 0 aliphatic heterocycles. The van der Waals surface area contributed by atoms with Gasteiger partial charge in [-0.05, 0) is 62.0 Å². The minimum absolute atomic E-state index is 0.599. The highest BCUT2D eigenvalue weighted by molar-refractivity contribution is 5.35. The normalized spacial score (nSPS) is 38.5. The van der Waals surface area contributed by atoms with Gasteiger partial charge in [0, 0.05) is 6.42 Å². The van der Waals surface area contributed by atoms with Crippen LogP contribution in [0.3, 0.4) is 0 Å². The average molecular weight is 316 g/mol. The second-order valence-corrected chi connectivity index (χ2v) is 8.40. The van der Waals surface area contributed by atoms with Crippen molar-refractivity contribution >= 4 is 0 Å². The molecule has 0 aromatic heterocycles. The van der Waals surface area contributed by atoms with Gasteiger partial charge in [0.05, 0.1) is 11.2 Å². The zero-order valence-electron chi connectivity index (χ0n) is 14.9. The molecule has 0 radical (unpaired) electrons. The molecule has 2 nitrogen and oxygen atoms in total. The van der Waals surface area contributed by atoms with Crippen LogP contribution in [0.1, 0.15) is 69.1 Å². The van der Waals surface area contributed by atoms with Crippen molar-refractivity contribution in [2.45, 2.75) is 83.3 Å². The topological polar surface area (TPSA) is 40.5 Å². The quantitative estimate of drug-likeness (QED) is 0.754. The Balaban J connectivity index is 1.96. The third-order valence-corrected chi connectivity index (χ3v) is 6.75. The van der Waals surface area contributed by atoms with Crippen molar-refractivity contribution in [1.29, 1.82) is 0 Å². The fraction of sp³-hybridized carbons (Fsp3) is 0.714. The van der Waals surface area contributed by atoms with Crippen molar-refractivity contribution in [1.82, 2.24) is 0 Å². The van der Waals surface area contributed by atoms with E-state index in [0.717, 1.165) is 32.1 Å². The lowest BCUT2D eigenvalue weighted by atomic mass is 9.72. The van der Waals surface area contributed by atoms with Crippen molar-refractivity contribution in [2.75, 3.05) is 0 Å². The van der Waals surface area contributed by atoms with E-state index in [1.165, 1.54) is 16.7 Å². The fourth-order valence-electron chi connectivity index (χ4n) is 4.65. The van der Waals surface area contributed by atoms with Crippen LogP contribution in [0.15, 0.2) is 18.2 Å². The molecule has 23 heavy (non-hydrogen) atoms. The molecule has 0 amide bonds. The summed E-state index contributed by atoms with van der Waals surface area (Å²) < 4.78 is 0. The van der Waals surface area contributed by atoms with E-state index in [4.69, 9.17) is 0 Å². The number of aryl methyl sites for hydroxylation is 2. The second-order valence-electron chi connectivity index (χ2n) is 8.40. The number of hydrogen-bond donors (Lipinski definition) is 2. The molecule has 4 atom stereocenters. The van der Waals surface area contributed by atoms with Crippen molar-refractivity contribution in [3.8, 4) is 0 Å². The van der Waals surface area contributed by atoms with Gasteiger partial charge in [0.1, 0.15) is 0 Å². The summed E-state index contributed by atoms with van der Waals surface area (Å²) in [6.45, 7) is 6.72. The highest BCUT2D eigenvalue weighted by Crippen LogP contribution is 2.44. The van der Waals surface area contributed by atoms with Crippen LogP contribution in [0.2, 0.25) is 0 Å². The van der Waals surface area contributed by atoms with E-state index in [9.17, 15) is 10.2 Å². The SMILES string of the molecule is Cc1ccc2c(c1)CC1(O)CCC(C)C(C)CCCC1(O)CC2. The second kappa shape index (κ2) is 6.22. The smallest absolute Gasteiger partial charge is 0.0973 e. The Labute approximate surface area is 140 Å². The Morgan fingerprint density at radius 1 is 0.913 bits per heavy atom. The minimum atomic E-state index is -0.982. The number of fused-ring (bicyclic) bond motifs is 2. The van der Waals surface area contributed by atoms with E-state index >= 15 is 0 Å². The molecule has 0 spiro atoms. The first-order chi connectivity index (χ1) is 10.8. The van der Waals surface area contributed by atoms with Gasteiger partial charge in [0.25, 0.3) is 0 Å². The first kappa shape index (κ1) is 17.0. The average Bonchev–Trinajstić information content (AvgIpc) is 2.58. The minimum Gasteiger partial charge on any atom is -0.387 e. The van der Waals surface area contributed by atoms with Crippen LogP contribution in [0, 0.1) is 18.8 Å². The van der Waals surface area contributed by atoms with E-state index in [0.29, 0.717) is 31.1 Å². The number of aliphatic hydroxyl groups is 2. The van der Waals surface area contributed by atoms with Crippen LogP contribution in [0.5, 0.6) is 0 Å². The Kier molecular flexibility index (Phi) is 4.59. The molecular formula is C21H32O2. The maximum absolute atomic E-state index is 11.6. The zero-order valence-corrected chi connectivity index (χ0v) is 14.9. The Bertz CT molecular complexity index is 567. The molecule has 0 heterocycles. The highest BCUT2D eigenvalue weighted by Gasteiger charge is 2.50. The van der Waals surface area contributed by atoms with E-state index in [2.05, 4.69) is 39.0 Å². The molecule has 2 heteroatoms. The van der Waals surface area contributed by atoms with Crippen LogP contribution < -0.4 is 0 Å². The molecule has 0 saturated heterocycles. The van der Waals surface area contributed by atoms with E-state index < -0.39 is 11.2 Å². The van der Waals surface area contributed by atoms with Crippen molar-refractivity contribution in [3.05, 3.63) is 34.9 Å². The van der Waals surface area contributed by atoms with Gasteiger partial charge in [-0.25, -0.2) is 0 Å². The summed E-state index contributed by atoms with van der Waals surface area (Å²) in [6.07, 6.45) is 6.77. The largest absolute Gasteiger partial charge is 0.387 e. The summed E-state index contributed by atoms with van der Waals surface area (Å²) in [6, 6.07) is 6.54. The van der Waals surface area contributed by atoms with Crippen LogP contribution in [0.4, 0.5) is 0 Å². The van der Waals surface area contributed by atoms with Gasteiger partial charge < -0.3 is 10.2 Å².